The minimum atomic E-state index is -0.156. The van der Waals surface area contributed by atoms with Crippen LogP contribution in [-0.4, -0.2) is 41.6 Å². The summed E-state index contributed by atoms with van der Waals surface area (Å²) in [5.74, 6) is 1.77. The minimum Gasteiger partial charge on any atom is -0.393 e. The largest absolute Gasteiger partial charge is 0.393 e. The predicted molar refractivity (Wildman–Crippen MR) is 56.1 cm³/mol. The summed E-state index contributed by atoms with van der Waals surface area (Å²) < 4.78 is 0. The second-order valence-corrected chi connectivity index (χ2v) is 4.62. The average molecular weight is 206 g/mol. The molecule has 3 atom stereocenters. The van der Waals surface area contributed by atoms with Crippen LogP contribution in [0, 0.1) is 11.8 Å². The molecule has 1 fully saturated rings. The van der Waals surface area contributed by atoms with E-state index in [1.54, 1.807) is 0 Å². The Balaban J connectivity index is 2.25. The summed E-state index contributed by atoms with van der Waals surface area (Å²) in [5, 5.41) is 9.41. The van der Waals surface area contributed by atoms with Gasteiger partial charge in [-0.1, -0.05) is 6.92 Å². The van der Waals surface area contributed by atoms with Crippen LogP contribution in [0.3, 0.4) is 0 Å². The summed E-state index contributed by atoms with van der Waals surface area (Å²) in [6, 6.07) is 0. The van der Waals surface area contributed by atoms with Gasteiger partial charge in [-0.15, -0.1) is 11.6 Å². The first-order valence-electron chi connectivity index (χ1n) is 5.10. The molecule has 0 saturated carbocycles. The van der Waals surface area contributed by atoms with E-state index in [4.69, 9.17) is 11.6 Å². The number of aliphatic hydroxyl groups excluding tert-OH is 1. The molecule has 2 nitrogen and oxygen atoms in total. The molecule has 13 heavy (non-hydrogen) atoms. The Bertz CT molecular complexity index is 152. The summed E-state index contributed by atoms with van der Waals surface area (Å²) in [6.07, 6.45) is 0.975. The van der Waals surface area contributed by atoms with Crippen LogP contribution in [0.25, 0.3) is 0 Å². The summed E-state index contributed by atoms with van der Waals surface area (Å²) in [4.78, 5) is 2.41. The van der Waals surface area contributed by atoms with Crippen LogP contribution in [0.1, 0.15) is 20.3 Å². The third-order valence-electron chi connectivity index (χ3n) is 2.82. The molecule has 78 valence electrons. The molecule has 1 N–H and O–H groups in total. The van der Waals surface area contributed by atoms with E-state index in [9.17, 15) is 5.11 Å². The molecule has 0 aliphatic carbocycles. The van der Waals surface area contributed by atoms with Crippen molar-refractivity contribution in [3.05, 3.63) is 0 Å². The lowest BCUT2D eigenvalue weighted by Gasteiger charge is -2.20. The van der Waals surface area contributed by atoms with E-state index in [1.165, 1.54) is 0 Å². The number of aliphatic hydroxyl groups is 1. The van der Waals surface area contributed by atoms with Crippen molar-refractivity contribution in [3.63, 3.8) is 0 Å². The fraction of sp³-hybridized carbons (Fsp3) is 1.00. The van der Waals surface area contributed by atoms with Gasteiger partial charge in [0.1, 0.15) is 0 Å². The molecule has 1 aliphatic rings. The maximum atomic E-state index is 9.41. The zero-order chi connectivity index (χ0) is 9.84. The van der Waals surface area contributed by atoms with E-state index in [0.29, 0.717) is 11.8 Å². The molecular weight excluding hydrogens is 186 g/mol. The summed E-state index contributed by atoms with van der Waals surface area (Å²) in [5.41, 5.74) is 0. The quantitative estimate of drug-likeness (QED) is 0.705. The van der Waals surface area contributed by atoms with Crippen molar-refractivity contribution in [2.45, 2.75) is 26.4 Å². The number of nitrogens with zero attached hydrogens (tertiary/aromatic N) is 1. The van der Waals surface area contributed by atoms with Crippen molar-refractivity contribution in [2.24, 2.45) is 11.8 Å². The Morgan fingerprint density at radius 1 is 1.54 bits per heavy atom. The fourth-order valence-corrected chi connectivity index (χ4v) is 2.01. The number of alkyl halides is 1. The Morgan fingerprint density at radius 2 is 2.23 bits per heavy atom. The van der Waals surface area contributed by atoms with Gasteiger partial charge in [0.25, 0.3) is 0 Å². The number of halogens is 1. The highest BCUT2D eigenvalue weighted by Crippen LogP contribution is 2.20. The molecular formula is C10H20ClNO. The van der Waals surface area contributed by atoms with Crippen molar-refractivity contribution in [2.75, 3.05) is 25.5 Å². The maximum Gasteiger partial charge on any atom is 0.0552 e. The smallest absolute Gasteiger partial charge is 0.0552 e. The van der Waals surface area contributed by atoms with Crippen molar-refractivity contribution in [1.29, 1.82) is 0 Å². The fourth-order valence-electron chi connectivity index (χ4n) is 1.91. The first-order valence-corrected chi connectivity index (χ1v) is 5.63. The van der Waals surface area contributed by atoms with Crippen LogP contribution in [0.2, 0.25) is 0 Å². The van der Waals surface area contributed by atoms with E-state index >= 15 is 0 Å². The van der Waals surface area contributed by atoms with Crippen LogP contribution < -0.4 is 0 Å². The molecule has 0 aromatic rings. The van der Waals surface area contributed by atoms with Crippen molar-refractivity contribution < 1.29 is 5.11 Å². The lowest BCUT2D eigenvalue weighted by molar-refractivity contribution is 0.126. The van der Waals surface area contributed by atoms with Crippen LogP contribution in [-0.2, 0) is 0 Å². The van der Waals surface area contributed by atoms with Gasteiger partial charge in [0.05, 0.1) is 6.10 Å². The molecule has 1 aliphatic heterocycles. The lowest BCUT2D eigenvalue weighted by atomic mass is 10.0. The molecule has 1 heterocycles. The zero-order valence-electron chi connectivity index (χ0n) is 8.54. The molecule has 0 bridgehead atoms. The third kappa shape index (κ3) is 3.45. The molecule has 1 rings (SSSR count). The Labute approximate surface area is 85.9 Å². The van der Waals surface area contributed by atoms with Gasteiger partial charge in [-0.05, 0) is 31.7 Å². The van der Waals surface area contributed by atoms with Gasteiger partial charge in [0.2, 0.25) is 0 Å². The standard InChI is InChI=1S/C10H20ClNO/c1-8(5-11)6-12-4-3-10(7-12)9(2)13/h8-10,13H,3-7H2,1-2H3. The third-order valence-corrected chi connectivity index (χ3v) is 3.35. The van der Waals surface area contributed by atoms with Gasteiger partial charge in [0.15, 0.2) is 0 Å². The summed E-state index contributed by atoms with van der Waals surface area (Å²) in [6.45, 7) is 7.30. The molecule has 3 unspecified atom stereocenters. The predicted octanol–water partition coefficient (Wildman–Crippen LogP) is 1.56. The molecule has 3 heteroatoms. The monoisotopic (exact) mass is 205 g/mol. The van der Waals surface area contributed by atoms with E-state index in [-0.39, 0.29) is 6.10 Å². The van der Waals surface area contributed by atoms with Crippen LogP contribution >= 0.6 is 11.6 Å². The Morgan fingerprint density at radius 3 is 2.69 bits per heavy atom. The van der Waals surface area contributed by atoms with Gasteiger partial charge in [-0.25, -0.2) is 0 Å². The van der Waals surface area contributed by atoms with Crippen LogP contribution in [0.5, 0.6) is 0 Å². The highest BCUT2D eigenvalue weighted by Gasteiger charge is 2.26. The normalized spacial score (nSPS) is 29.1. The van der Waals surface area contributed by atoms with Gasteiger partial charge in [0, 0.05) is 19.0 Å². The Kier molecular flexibility index (Phi) is 4.50. The molecule has 0 amide bonds. The van der Waals surface area contributed by atoms with Crippen molar-refractivity contribution in [1.82, 2.24) is 4.90 Å². The Hall–Kier alpha value is 0.210. The molecule has 0 aromatic heterocycles. The maximum absolute atomic E-state index is 9.41. The molecule has 1 saturated heterocycles. The number of rotatable bonds is 4. The van der Waals surface area contributed by atoms with Gasteiger partial charge in [-0.3, -0.25) is 0 Å². The first-order chi connectivity index (χ1) is 6.13. The lowest BCUT2D eigenvalue weighted by Crippen LogP contribution is -2.28. The van der Waals surface area contributed by atoms with Crippen molar-refractivity contribution in [3.8, 4) is 0 Å². The topological polar surface area (TPSA) is 23.5 Å². The molecule has 0 radical (unpaired) electrons. The van der Waals surface area contributed by atoms with E-state index in [0.717, 1.165) is 31.9 Å². The number of likely N-dealkylation sites (tertiary alicyclic amines) is 1. The summed E-state index contributed by atoms with van der Waals surface area (Å²) in [7, 11) is 0. The van der Waals surface area contributed by atoms with E-state index in [2.05, 4.69) is 11.8 Å². The number of hydrogen-bond donors (Lipinski definition) is 1. The minimum absolute atomic E-state index is 0.156. The van der Waals surface area contributed by atoms with E-state index in [1.807, 2.05) is 6.92 Å². The van der Waals surface area contributed by atoms with Crippen LogP contribution in [0.15, 0.2) is 0 Å². The highest BCUT2D eigenvalue weighted by atomic mass is 35.5. The first kappa shape index (κ1) is 11.3. The molecule has 0 aromatic carbocycles. The van der Waals surface area contributed by atoms with E-state index < -0.39 is 0 Å². The van der Waals surface area contributed by atoms with Gasteiger partial charge < -0.3 is 10.0 Å². The zero-order valence-corrected chi connectivity index (χ0v) is 9.30. The van der Waals surface area contributed by atoms with Crippen LogP contribution in [0.4, 0.5) is 0 Å². The van der Waals surface area contributed by atoms with Crippen molar-refractivity contribution >= 4 is 11.6 Å². The van der Waals surface area contributed by atoms with Gasteiger partial charge in [-0.2, -0.15) is 0 Å². The second-order valence-electron chi connectivity index (χ2n) is 4.31. The SMILES string of the molecule is CC(CCl)CN1CCC(C(C)O)C1. The second kappa shape index (κ2) is 5.18. The number of hydrogen-bond acceptors (Lipinski definition) is 2. The summed E-state index contributed by atoms with van der Waals surface area (Å²) >= 11 is 5.75. The molecule has 0 spiro atoms. The van der Waals surface area contributed by atoms with Gasteiger partial charge >= 0.3 is 0 Å². The average Bonchev–Trinajstić information content (AvgIpc) is 2.52. The highest BCUT2D eigenvalue weighted by molar-refractivity contribution is 6.18.